The van der Waals surface area contributed by atoms with Gasteiger partial charge in [-0.3, -0.25) is 4.90 Å². The molecular formula is C17H30N2OS. The zero-order chi connectivity index (χ0) is 15.7. The third-order valence-electron chi connectivity index (χ3n) is 3.51. The second-order valence-electron chi connectivity index (χ2n) is 5.81. The Kier molecular flexibility index (Phi) is 8.81. The average molecular weight is 311 g/mol. The molecule has 0 bridgehead atoms. The van der Waals surface area contributed by atoms with Gasteiger partial charge in [-0.15, -0.1) is 0 Å². The molecule has 0 heterocycles. The number of hydrogen-bond acceptors (Lipinski definition) is 4. The van der Waals surface area contributed by atoms with E-state index >= 15 is 0 Å². The minimum atomic E-state index is 0.514. The van der Waals surface area contributed by atoms with Gasteiger partial charge in [0.1, 0.15) is 12.4 Å². The summed E-state index contributed by atoms with van der Waals surface area (Å²) in [5.41, 5.74) is 1.29. The van der Waals surface area contributed by atoms with Gasteiger partial charge in [0, 0.05) is 30.9 Å². The van der Waals surface area contributed by atoms with Crippen LogP contribution in [0.25, 0.3) is 0 Å². The molecule has 0 fully saturated rings. The van der Waals surface area contributed by atoms with E-state index in [2.05, 4.69) is 68.6 Å². The second-order valence-corrected chi connectivity index (χ2v) is 6.72. The molecule has 0 aromatic heterocycles. The summed E-state index contributed by atoms with van der Waals surface area (Å²) in [5.74, 6) is 2.11. The van der Waals surface area contributed by atoms with Crippen molar-refractivity contribution in [2.75, 3.05) is 32.2 Å². The Balaban J connectivity index is 2.29. The summed E-state index contributed by atoms with van der Waals surface area (Å²) in [6.07, 6.45) is 2.15. The van der Waals surface area contributed by atoms with Crippen LogP contribution >= 0.6 is 11.8 Å². The molecular weight excluding hydrogens is 280 g/mol. The zero-order valence-electron chi connectivity index (χ0n) is 14.1. The highest BCUT2D eigenvalue weighted by Gasteiger charge is 2.07. The van der Waals surface area contributed by atoms with Gasteiger partial charge in [0.25, 0.3) is 0 Å². The van der Waals surface area contributed by atoms with Gasteiger partial charge in [0.05, 0.1) is 0 Å². The van der Waals surface area contributed by atoms with Crippen molar-refractivity contribution in [3.05, 3.63) is 29.8 Å². The topological polar surface area (TPSA) is 24.5 Å². The number of likely N-dealkylation sites (N-methyl/N-ethyl adjacent to an activating group) is 1. The van der Waals surface area contributed by atoms with Crippen LogP contribution in [-0.4, -0.2) is 49.2 Å². The van der Waals surface area contributed by atoms with E-state index in [1.165, 1.54) is 5.56 Å². The molecule has 0 radical (unpaired) electrons. The Morgan fingerprint density at radius 3 is 2.43 bits per heavy atom. The number of rotatable bonds is 10. The van der Waals surface area contributed by atoms with Crippen LogP contribution in [-0.2, 0) is 6.54 Å². The lowest BCUT2D eigenvalue weighted by Gasteiger charge is -2.23. The van der Waals surface area contributed by atoms with Crippen LogP contribution < -0.4 is 10.1 Å². The summed E-state index contributed by atoms with van der Waals surface area (Å²) < 4.78 is 5.82. The first kappa shape index (κ1) is 18.3. The van der Waals surface area contributed by atoms with Crippen LogP contribution in [0.2, 0.25) is 0 Å². The van der Waals surface area contributed by atoms with E-state index in [9.17, 15) is 0 Å². The van der Waals surface area contributed by atoms with Gasteiger partial charge < -0.3 is 10.1 Å². The summed E-state index contributed by atoms with van der Waals surface area (Å²) in [6.45, 7) is 9.18. The maximum absolute atomic E-state index is 5.82. The Morgan fingerprint density at radius 1 is 1.19 bits per heavy atom. The minimum absolute atomic E-state index is 0.514. The van der Waals surface area contributed by atoms with Crippen molar-refractivity contribution in [2.45, 2.75) is 39.4 Å². The van der Waals surface area contributed by atoms with E-state index in [0.717, 1.165) is 31.2 Å². The SMILES string of the molecule is CSCC(C)N(C)CCOc1ccc(CNC(C)C)cc1. The van der Waals surface area contributed by atoms with Gasteiger partial charge in [0.2, 0.25) is 0 Å². The molecule has 0 aliphatic heterocycles. The van der Waals surface area contributed by atoms with Gasteiger partial charge in [-0.1, -0.05) is 26.0 Å². The number of hydrogen-bond donors (Lipinski definition) is 1. The molecule has 120 valence electrons. The lowest BCUT2D eigenvalue weighted by Crippen LogP contribution is -2.34. The van der Waals surface area contributed by atoms with Crippen LogP contribution in [0, 0.1) is 0 Å². The second kappa shape index (κ2) is 10.1. The van der Waals surface area contributed by atoms with Gasteiger partial charge in [0.15, 0.2) is 0 Å². The zero-order valence-corrected chi connectivity index (χ0v) is 14.9. The fourth-order valence-electron chi connectivity index (χ4n) is 1.92. The van der Waals surface area contributed by atoms with Crippen LogP contribution in [0.15, 0.2) is 24.3 Å². The van der Waals surface area contributed by atoms with E-state index in [1.807, 2.05) is 11.8 Å². The molecule has 3 nitrogen and oxygen atoms in total. The number of ether oxygens (including phenoxy) is 1. The van der Waals surface area contributed by atoms with Crippen LogP contribution in [0.1, 0.15) is 26.3 Å². The van der Waals surface area contributed by atoms with Crippen LogP contribution in [0.4, 0.5) is 0 Å². The molecule has 1 rings (SSSR count). The smallest absolute Gasteiger partial charge is 0.119 e. The van der Waals surface area contributed by atoms with Crippen molar-refractivity contribution < 1.29 is 4.74 Å². The summed E-state index contributed by atoms with van der Waals surface area (Å²) in [5, 5.41) is 3.41. The molecule has 0 spiro atoms. The van der Waals surface area contributed by atoms with E-state index in [-0.39, 0.29) is 0 Å². The number of nitrogens with one attached hydrogen (secondary N) is 1. The van der Waals surface area contributed by atoms with Gasteiger partial charge in [-0.25, -0.2) is 0 Å². The Hall–Kier alpha value is -0.710. The molecule has 1 aromatic carbocycles. The molecule has 0 saturated heterocycles. The number of benzene rings is 1. The van der Waals surface area contributed by atoms with Crippen LogP contribution in [0.3, 0.4) is 0 Å². The van der Waals surface area contributed by atoms with Gasteiger partial charge in [-0.2, -0.15) is 11.8 Å². The molecule has 0 saturated carbocycles. The fourth-order valence-corrected chi connectivity index (χ4v) is 2.66. The molecule has 21 heavy (non-hydrogen) atoms. The Bertz CT molecular complexity index is 381. The highest BCUT2D eigenvalue weighted by atomic mass is 32.2. The van der Waals surface area contributed by atoms with Crippen molar-refractivity contribution in [1.29, 1.82) is 0 Å². The number of thioether (sulfide) groups is 1. The molecule has 0 amide bonds. The predicted octanol–water partition coefficient (Wildman–Crippen LogP) is 3.25. The number of nitrogens with zero attached hydrogens (tertiary/aromatic N) is 1. The van der Waals surface area contributed by atoms with Crippen molar-refractivity contribution in [3.63, 3.8) is 0 Å². The monoisotopic (exact) mass is 310 g/mol. The molecule has 1 atom stereocenters. The quantitative estimate of drug-likeness (QED) is 0.717. The van der Waals surface area contributed by atoms with Crippen molar-refractivity contribution in [3.8, 4) is 5.75 Å². The van der Waals surface area contributed by atoms with E-state index in [4.69, 9.17) is 4.74 Å². The molecule has 1 N–H and O–H groups in total. The van der Waals surface area contributed by atoms with Crippen LogP contribution in [0.5, 0.6) is 5.75 Å². The maximum atomic E-state index is 5.82. The summed E-state index contributed by atoms with van der Waals surface area (Å²) >= 11 is 1.89. The van der Waals surface area contributed by atoms with E-state index in [1.54, 1.807) is 0 Å². The van der Waals surface area contributed by atoms with Crippen molar-refractivity contribution in [1.82, 2.24) is 10.2 Å². The lowest BCUT2D eigenvalue weighted by molar-refractivity contribution is 0.210. The first-order chi connectivity index (χ1) is 10.0. The fraction of sp³-hybridized carbons (Fsp3) is 0.647. The summed E-state index contributed by atoms with van der Waals surface area (Å²) in [6, 6.07) is 9.48. The largest absolute Gasteiger partial charge is 0.492 e. The van der Waals surface area contributed by atoms with E-state index in [0.29, 0.717) is 12.1 Å². The highest BCUT2D eigenvalue weighted by Crippen LogP contribution is 2.12. The first-order valence-electron chi connectivity index (χ1n) is 7.67. The maximum Gasteiger partial charge on any atom is 0.119 e. The van der Waals surface area contributed by atoms with Crippen molar-refractivity contribution in [2.24, 2.45) is 0 Å². The molecule has 4 heteroatoms. The molecule has 0 aliphatic rings. The third-order valence-corrected chi connectivity index (χ3v) is 4.33. The lowest BCUT2D eigenvalue weighted by atomic mass is 10.2. The van der Waals surface area contributed by atoms with E-state index < -0.39 is 0 Å². The Labute approximate surface area is 134 Å². The summed E-state index contributed by atoms with van der Waals surface area (Å²) in [7, 11) is 2.16. The van der Waals surface area contributed by atoms with Gasteiger partial charge in [-0.05, 0) is 37.9 Å². The molecule has 0 aliphatic carbocycles. The predicted molar refractivity (Wildman–Crippen MR) is 94.4 cm³/mol. The average Bonchev–Trinajstić information content (AvgIpc) is 2.46. The summed E-state index contributed by atoms with van der Waals surface area (Å²) in [4.78, 5) is 2.34. The third kappa shape index (κ3) is 7.74. The van der Waals surface area contributed by atoms with Gasteiger partial charge >= 0.3 is 0 Å². The first-order valence-corrected chi connectivity index (χ1v) is 9.06. The molecule has 1 aromatic rings. The standard InChI is InChI=1S/C17H30N2OS/c1-14(2)18-12-16-6-8-17(9-7-16)20-11-10-19(4)15(3)13-21-5/h6-9,14-15,18H,10-13H2,1-5H3. The minimum Gasteiger partial charge on any atom is -0.492 e. The Morgan fingerprint density at radius 2 is 1.86 bits per heavy atom. The molecule has 1 unspecified atom stereocenters. The normalized spacial score (nSPS) is 12.9. The van der Waals surface area contributed by atoms with Crippen molar-refractivity contribution >= 4 is 11.8 Å². The highest BCUT2D eigenvalue weighted by molar-refractivity contribution is 7.98.